The number of hydrogen-bond acceptors (Lipinski definition) is 3. The van der Waals surface area contributed by atoms with Gasteiger partial charge in [0.2, 0.25) is 0 Å². The fourth-order valence-corrected chi connectivity index (χ4v) is 3.63. The van der Waals surface area contributed by atoms with Gasteiger partial charge in [-0.1, -0.05) is 20.3 Å². The summed E-state index contributed by atoms with van der Waals surface area (Å²) in [5, 5.41) is 13.5. The van der Waals surface area contributed by atoms with E-state index >= 15 is 0 Å². The lowest BCUT2D eigenvalue weighted by atomic mass is 9.78. The molecular weight excluding hydrogens is 429 g/mol. The van der Waals surface area contributed by atoms with E-state index in [1.165, 1.54) is 38.5 Å². The zero-order chi connectivity index (χ0) is 17.4. The van der Waals surface area contributed by atoms with Gasteiger partial charge in [0, 0.05) is 26.2 Å². The van der Waals surface area contributed by atoms with Gasteiger partial charge in [0.05, 0.1) is 19.3 Å². The number of hydrogen-bond donors (Lipinski definition) is 2. The Kier molecular flexibility index (Phi) is 10.6. The summed E-state index contributed by atoms with van der Waals surface area (Å²) in [7, 11) is 0. The largest absolute Gasteiger partial charge is 0.389 e. The van der Waals surface area contributed by atoms with Crippen LogP contribution in [0, 0.1) is 11.3 Å². The van der Waals surface area contributed by atoms with E-state index in [1.54, 1.807) is 0 Å². The predicted octanol–water partition coefficient (Wildman–Crippen LogP) is 3.26. The minimum atomic E-state index is -0.510. The number of nitrogens with one attached hydrogen (secondary N) is 1. The van der Waals surface area contributed by atoms with Crippen molar-refractivity contribution < 1.29 is 9.84 Å². The summed E-state index contributed by atoms with van der Waals surface area (Å²) in [5.74, 6) is 1.68. The minimum Gasteiger partial charge on any atom is -0.389 e. The van der Waals surface area contributed by atoms with E-state index in [-0.39, 0.29) is 24.0 Å². The van der Waals surface area contributed by atoms with E-state index in [0.29, 0.717) is 18.6 Å². The molecule has 1 aliphatic carbocycles. The van der Waals surface area contributed by atoms with E-state index in [9.17, 15) is 5.11 Å². The summed E-state index contributed by atoms with van der Waals surface area (Å²) in [6.45, 7) is 11.3. The van der Waals surface area contributed by atoms with Crippen LogP contribution in [0.2, 0.25) is 0 Å². The lowest BCUT2D eigenvalue weighted by Gasteiger charge is -2.42. The Balaban J connectivity index is 0.00000312. The van der Waals surface area contributed by atoms with Crippen molar-refractivity contribution in [3.05, 3.63) is 0 Å². The zero-order valence-electron chi connectivity index (χ0n) is 16.3. The summed E-state index contributed by atoms with van der Waals surface area (Å²) < 4.78 is 5.57. The molecule has 0 amide bonds. The van der Waals surface area contributed by atoms with Gasteiger partial charge in [0.1, 0.15) is 0 Å². The van der Waals surface area contributed by atoms with Crippen LogP contribution < -0.4 is 5.32 Å². The first-order valence-corrected chi connectivity index (χ1v) is 9.85. The summed E-state index contributed by atoms with van der Waals surface area (Å²) in [6, 6.07) is 0. The maximum atomic E-state index is 10.1. The van der Waals surface area contributed by atoms with E-state index < -0.39 is 6.10 Å². The molecule has 2 unspecified atom stereocenters. The van der Waals surface area contributed by atoms with Gasteiger partial charge in [-0.3, -0.25) is 4.99 Å². The Labute approximate surface area is 171 Å². The highest BCUT2D eigenvalue weighted by atomic mass is 127. The smallest absolute Gasteiger partial charge is 0.194 e. The average Bonchev–Trinajstić information content (AvgIpc) is 3.35. The maximum absolute atomic E-state index is 10.1. The molecule has 2 fully saturated rings. The number of halogens is 1. The number of aliphatic imine (C=N–C) groups is 1. The summed E-state index contributed by atoms with van der Waals surface area (Å²) in [4.78, 5) is 7.05. The molecule has 2 rings (SSSR count). The fraction of sp³-hybridized carbons (Fsp3) is 0.947. The van der Waals surface area contributed by atoms with Gasteiger partial charge in [-0.15, -0.1) is 24.0 Å². The van der Waals surface area contributed by atoms with E-state index in [1.807, 2.05) is 0 Å². The number of aliphatic hydroxyl groups is 1. The second-order valence-electron chi connectivity index (χ2n) is 7.92. The van der Waals surface area contributed by atoms with Crippen LogP contribution in [-0.2, 0) is 4.74 Å². The fourth-order valence-electron chi connectivity index (χ4n) is 3.63. The van der Waals surface area contributed by atoms with Crippen LogP contribution in [-0.4, -0.2) is 61.5 Å². The number of aliphatic hydroxyl groups excluding tert-OH is 1. The van der Waals surface area contributed by atoms with Crippen LogP contribution in [0.3, 0.4) is 0 Å². The average molecular weight is 467 g/mol. The number of ether oxygens (including phenoxy) is 1. The van der Waals surface area contributed by atoms with Crippen molar-refractivity contribution in [2.45, 2.75) is 65.4 Å². The molecular formula is C19H38IN3O2. The van der Waals surface area contributed by atoms with Gasteiger partial charge in [0.15, 0.2) is 5.96 Å². The van der Waals surface area contributed by atoms with Crippen molar-refractivity contribution in [2.24, 2.45) is 16.3 Å². The molecule has 0 aromatic carbocycles. The van der Waals surface area contributed by atoms with Crippen LogP contribution >= 0.6 is 24.0 Å². The van der Waals surface area contributed by atoms with Crippen LogP contribution in [0.5, 0.6) is 0 Å². The van der Waals surface area contributed by atoms with E-state index in [4.69, 9.17) is 4.74 Å². The summed E-state index contributed by atoms with van der Waals surface area (Å²) >= 11 is 0. The third kappa shape index (κ3) is 8.43. The predicted molar refractivity (Wildman–Crippen MR) is 115 cm³/mol. The highest BCUT2D eigenvalue weighted by Gasteiger charge is 2.31. The molecule has 1 aliphatic heterocycles. The molecule has 1 saturated heterocycles. The lowest BCUT2D eigenvalue weighted by molar-refractivity contribution is 0.0366. The third-order valence-electron chi connectivity index (χ3n) is 5.08. The van der Waals surface area contributed by atoms with Gasteiger partial charge in [-0.25, -0.2) is 0 Å². The first kappa shape index (κ1) is 23.0. The quantitative estimate of drug-likeness (QED) is 0.311. The molecule has 148 valence electrons. The Bertz CT molecular complexity index is 400. The molecule has 2 N–H and O–H groups in total. The van der Waals surface area contributed by atoms with Gasteiger partial charge < -0.3 is 20.1 Å². The van der Waals surface area contributed by atoms with Gasteiger partial charge >= 0.3 is 0 Å². The van der Waals surface area contributed by atoms with Crippen molar-refractivity contribution in [1.29, 1.82) is 0 Å². The summed E-state index contributed by atoms with van der Waals surface area (Å²) in [6.07, 6.45) is 7.07. The molecule has 0 spiro atoms. The third-order valence-corrected chi connectivity index (χ3v) is 5.08. The standard InChI is InChI=1S/C19H37N3O2.HI/c1-4-9-19(3)10-6-11-22(15-19)18(20-5-2)21-12-17(23)14-24-13-16-7-8-16;/h16-17,23H,4-15H2,1-3H3,(H,20,21);1H. The molecule has 0 aromatic heterocycles. The molecule has 2 atom stereocenters. The van der Waals surface area contributed by atoms with Crippen molar-refractivity contribution >= 4 is 29.9 Å². The first-order valence-electron chi connectivity index (χ1n) is 9.85. The number of likely N-dealkylation sites (tertiary alicyclic amines) is 1. The van der Waals surface area contributed by atoms with Crippen LogP contribution in [0.15, 0.2) is 4.99 Å². The van der Waals surface area contributed by atoms with E-state index in [0.717, 1.165) is 38.1 Å². The maximum Gasteiger partial charge on any atom is 0.194 e. The van der Waals surface area contributed by atoms with Crippen molar-refractivity contribution in [1.82, 2.24) is 10.2 Å². The number of rotatable bonds is 9. The lowest BCUT2D eigenvalue weighted by Crippen LogP contribution is -2.50. The van der Waals surface area contributed by atoms with Crippen molar-refractivity contribution in [3.8, 4) is 0 Å². The Hall–Kier alpha value is -0.0800. The molecule has 25 heavy (non-hydrogen) atoms. The Morgan fingerprint density at radius 2 is 2.16 bits per heavy atom. The normalized spacial score (nSPS) is 25.4. The molecule has 6 heteroatoms. The highest BCUT2D eigenvalue weighted by molar-refractivity contribution is 14.0. The van der Waals surface area contributed by atoms with Gasteiger partial charge in [-0.05, 0) is 50.4 Å². The molecule has 0 radical (unpaired) electrons. The van der Waals surface area contributed by atoms with Crippen LogP contribution in [0.1, 0.15) is 59.3 Å². The number of nitrogens with zero attached hydrogens (tertiary/aromatic N) is 2. The second kappa shape index (κ2) is 11.6. The van der Waals surface area contributed by atoms with Gasteiger partial charge in [0.25, 0.3) is 0 Å². The first-order chi connectivity index (χ1) is 11.6. The molecule has 2 aliphatic rings. The topological polar surface area (TPSA) is 57.1 Å². The second-order valence-corrected chi connectivity index (χ2v) is 7.92. The zero-order valence-corrected chi connectivity index (χ0v) is 18.6. The monoisotopic (exact) mass is 467 g/mol. The SMILES string of the molecule is CCCC1(C)CCCN(C(=NCC(O)COCC2CC2)NCC)C1.I. The van der Waals surface area contributed by atoms with E-state index in [2.05, 4.69) is 36.0 Å². The minimum absolute atomic E-state index is 0. The molecule has 1 saturated carbocycles. The molecule has 1 heterocycles. The Morgan fingerprint density at radius 3 is 2.80 bits per heavy atom. The molecule has 0 aromatic rings. The number of guanidine groups is 1. The molecule has 0 bridgehead atoms. The number of piperidine rings is 1. The highest BCUT2D eigenvalue weighted by Crippen LogP contribution is 2.34. The molecule has 5 nitrogen and oxygen atoms in total. The van der Waals surface area contributed by atoms with Crippen LogP contribution in [0.25, 0.3) is 0 Å². The van der Waals surface area contributed by atoms with Crippen molar-refractivity contribution in [3.63, 3.8) is 0 Å². The van der Waals surface area contributed by atoms with Crippen molar-refractivity contribution in [2.75, 3.05) is 39.4 Å². The Morgan fingerprint density at radius 1 is 1.40 bits per heavy atom. The summed E-state index contributed by atoms with van der Waals surface area (Å²) in [5.41, 5.74) is 0.384. The van der Waals surface area contributed by atoms with Crippen LogP contribution in [0.4, 0.5) is 0 Å². The van der Waals surface area contributed by atoms with Gasteiger partial charge in [-0.2, -0.15) is 0 Å².